The van der Waals surface area contributed by atoms with Crippen LogP contribution in [0.3, 0.4) is 0 Å². The lowest BCUT2D eigenvalue weighted by molar-refractivity contribution is -0.170. The van der Waals surface area contributed by atoms with E-state index in [1.807, 2.05) is 6.92 Å². The summed E-state index contributed by atoms with van der Waals surface area (Å²) >= 11 is 0. The second-order valence-corrected chi connectivity index (χ2v) is 2.45. The van der Waals surface area contributed by atoms with Gasteiger partial charge < -0.3 is 4.74 Å². The minimum Gasteiger partial charge on any atom is -0.490 e. The van der Waals surface area contributed by atoms with E-state index in [0.29, 0.717) is 6.42 Å². The van der Waals surface area contributed by atoms with Gasteiger partial charge in [-0.15, -0.1) is 0 Å². The molecule has 0 bridgehead atoms. The van der Waals surface area contributed by atoms with E-state index >= 15 is 0 Å². The normalized spacial score (nSPS) is 11.1. The van der Waals surface area contributed by atoms with Crippen LogP contribution in [-0.4, -0.2) is 18.6 Å². The van der Waals surface area contributed by atoms with Crippen molar-refractivity contribution in [2.24, 2.45) is 0 Å². The zero-order chi connectivity index (χ0) is 10.5. The molecule has 0 saturated heterocycles. The molecule has 0 aliphatic rings. The predicted octanol–water partition coefficient (Wildman–Crippen LogP) is 2.45. The number of alkyl halides is 3. The van der Waals surface area contributed by atoms with E-state index < -0.39 is 17.7 Å². The smallest absolute Gasteiger partial charge is 0.458 e. The van der Waals surface area contributed by atoms with Crippen LogP contribution in [0.25, 0.3) is 0 Å². The minimum atomic E-state index is -4.89. The van der Waals surface area contributed by atoms with Crippen molar-refractivity contribution < 1.29 is 22.7 Å². The molecule has 0 aliphatic heterocycles. The van der Waals surface area contributed by atoms with Crippen LogP contribution in [0.1, 0.15) is 19.8 Å². The summed E-state index contributed by atoms with van der Waals surface area (Å²) in [6.07, 6.45) is -3.50. The SMILES string of the molecule is C=C(OCCCC)C(=O)C(F)(F)F. The molecule has 0 amide bonds. The van der Waals surface area contributed by atoms with E-state index in [1.165, 1.54) is 0 Å². The number of carbonyl (C=O) groups is 1. The molecule has 0 heterocycles. The Hall–Kier alpha value is -1.00. The second kappa shape index (κ2) is 4.89. The molecule has 2 nitrogen and oxygen atoms in total. The van der Waals surface area contributed by atoms with Gasteiger partial charge >= 0.3 is 6.18 Å². The van der Waals surface area contributed by atoms with Crippen LogP contribution in [0.15, 0.2) is 12.3 Å². The summed E-state index contributed by atoms with van der Waals surface area (Å²) in [7, 11) is 0. The Morgan fingerprint density at radius 1 is 1.46 bits per heavy atom. The van der Waals surface area contributed by atoms with E-state index in [-0.39, 0.29) is 6.61 Å². The Bertz CT molecular complexity index is 196. The topological polar surface area (TPSA) is 26.3 Å². The fourth-order valence-corrected chi connectivity index (χ4v) is 0.563. The summed E-state index contributed by atoms with van der Waals surface area (Å²) in [6.45, 7) is 4.85. The Kier molecular flexibility index (Phi) is 4.51. The average molecular weight is 196 g/mol. The number of halogens is 3. The maximum Gasteiger partial charge on any atom is 0.458 e. The van der Waals surface area contributed by atoms with Crippen molar-refractivity contribution in [2.45, 2.75) is 25.9 Å². The Morgan fingerprint density at radius 2 is 2.00 bits per heavy atom. The van der Waals surface area contributed by atoms with Crippen LogP contribution >= 0.6 is 0 Å². The Morgan fingerprint density at radius 3 is 2.38 bits per heavy atom. The number of Topliss-reactive ketones (excluding diaryl/α,β-unsaturated/α-hetero) is 1. The number of ether oxygens (including phenoxy) is 1. The van der Waals surface area contributed by atoms with Gasteiger partial charge in [0.15, 0.2) is 5.76 Å². The fraction of sp³-hybridized carbons (Fsp3) is 0.625. The molecular formula is C8H11F3O2. The molecule has 0 atom stereocenters. The maximum absolute atomic E-state index is 11.7. The minimum absolute atomic E-state index is 0.0944. The number of hydrogen-bond acceptors (Lipinski definition) is 2. The van der Waals surface area contributed by atoms with Gasteiger partial charge in [-0.1, -0.05) is 19.9 Å². The van der Waals surface area contributed by atoms with E-state index in [1.54, 1.807) is 0 Å². The molecule has 0 aromatic rings. The van der Waals surface area contributed by atoms with Gasteiger partial charge in [0.05, 0.1) is 6.61 Å². The summed E-state index contributed by atoms with van der Waals surface area (Å²) in [5.41, 5.74) is 0. The van der Waals surface area contributed by atoms with Crippen LogP contribution < -0.4 is 0 Å². The molecule has 0 N–H and O–H groups in total. The molecule has 0 radical (unpaired) electrons. The van der Waals surface area contributed by atoms with E-state index in [9.17, 15) is 18.0 Å². The first kappa shape index (κ1) is 12.0. The van der Waals surface area contributed by atoms with E-state index in [2.05, 4.69) is 11.3 Å². The summed E-state index contributed by atoms with van der Waals surface area (Å²) in [6, 6.07) is 0. The highest BCUT2D eigenvalue weighted by atomic mass is 19.4. The molecule has 0 unspecified atom stereocenters. The largest absolute Gasteiger partial charge is 0.490 e. The second-order valence-electron chi connectivity index (χ2n) is 2.45. The van der Waals surface area contributed by atoms with Crippen molar-refractivity contribution in [3.8, 4) is 0 Å². The zero-order valence-corrected chi connectivity index (χ0v) is 7.28. The molecular weight excluding hydrogens is 185 g/mol. The monoisotopic (exact) mass is 196 g/mol. The Labute approximate surface area is 74.4 Å². The van der Waals surface area contributed by atoms with Crippen LogP contribution in [-0.2, 0) is 9.53 Å². The highest BCUT2D eigenvalue weighted by Crippen LogP contribution is 2.20. The molecule has 0 spiro atoms. The molecule has 5 heteroatoms. The molecule has 13 heavy (non-hydrogen) atoms. The summed E-state index contributed by atoms with van der Waals surface area (Å²) in [5.74, 6) is -2.84. The molecule has 0 aromatic carbocycles. The van der Waals surface area contributed by atoms with Crippen molar-refractivity contribution in [3.63, 3.8) is 0 Å². The van der Waals surface area contributed by atoms with Crippen LogP contribution in [0.5, 0.6) is 0 Å². The quantitative estimate of drug-likeness (QED) is 0.383. The van der Waals surface area contributed by atoms with Gasteiger partial charge in [-0.05, 0) is 6.42 Å². The summed E-state index contributed by atoms with van der Waals surface area (Å²) in [4.78, 5) is 10.4. The molecule has 0 saturated carbocycles. The van der Waals surface area contributed by atoms with Gasteiger partial charge in [-0.2, -0.15) is 13.2 Å². The number of rotatable bonds is 5. The van der Waals surface area contributed by atoms with Crippen molar-refractivity contribution >= 4 is 5.78 Å². The van der Waals surface area contributed by atoms with E-state index in [0.717, 1.165) is 6.42 Å². The van der Waals surface area contributed by atoms with Crippen LogP contribution in [0.2, 0.25) is 0 Å². The Balaban J connectivity index is 3.92. The third-order valence-corrected chi connectivity index (χ3v) is 1.28. The van der Waals surface area contributed by atoms with Crippen molar-refractivity contribution in [2.75, 3.05) is 6.61 Å². The average Bonchev–Trinajstić information content (AvgIpc) is 2.01. The van der Waals surface area contributed by atoms with Crippen molar-refractivity contribution in [3.05, 3.63) is 12.3 Å². The molecule has 0 aliphatic carbocycles. The van der Waals surface area contributed by atoms with Gasteiger partial charge in [0, 0.05) is 0 Å². The third kappa shape index (κ3) is 4.55. The summed E-state index contributed by atoms with van der Waals surface area (Å²) < 4.78 is 39.7. The standard InChI is InChI=1S/C8H11F3O2/c1-3-4-5-13-6(2)7(12)8(9,10)11/h2-5H2,1H3. The number of hydrogen-bond donors (Lipinski definition) is 0. The van der Waals surface area contributed by atoms with Crippen LogP contribution in [0.4, 0.5) is 13.2 Å². The van der Waals surface area contributed by atoms with Crippen molar-refractivity contribution in [1.29, 1.82) is 0 Å². The van der Waals surface area contributed by atoms with Gasteiger partial charge in [0.1, 0.15) is 0 Å². The summed E-state index contributed by atoms with van der Waals surface area (Å²) in [5, 5.41) is 0. The predicted molar refractivity (Wildman–Crippen MR) is 41.1 cm³/mol. The molecule has 0 fully saturated rings. The van der Waals surface area contributed by atoms with Gasteiger partial charge in [-0.3, -0.25) is 4.79 Å². The molecule has 0 aromatic heterocycles. The zero-order valence-electron chi connectivity index (χ0n) is 7.28. The number of unbranched alkanes of at least 4 members (excludes halogenated alkanes) is 1. The molecule has 0 rings (SSSR count). The lowest BCUT2D eigenvalue weighted by Gasteiger charge is -2.09. The fourth-order valence-electron chi connectivity index (χ4n) is 0.563. The number of allylic oxidation sites excluding steroid dienone is 1. The maximum atomic E-state index is 11.7. The first-order valence-electron chi connectivity index (χ1n) is 3.82. The van der Waals surface area contributed by atoms with Crippen LogP contribution in [0, 0.1) is 0 Å². The lowest BCUT2D eigenvalue weighted by Crippen LogP contribution is -2.25. The highest BCUT2D eigenvalue weighted by molar-refractivity contribution is 5.97. The molecule has 76 valence electrons. The highest BCUT2D eigenvalue weighted by Gasteiger charge is 2.41. The third-order valence-electron chi connectivity index (χ3n) is 1.28. The van der Waals surface area contributed by atoms with E-state index in [4.69, 9.17) is 0 Å². The first-order valence-corrected chi connectivity index (χ1v) is 3.82. The lowest BCUT2D eigenvalue weighted by atomic mass is 10.3. The number of carbonyl (C=O) groups excluding carboxylic acids is 1. The van der Waals surface area contributed by atoms with Gasteiger partial charge in [0.2, 0.25) is 0 Å². The van der Waals surface area contributed by atoms with Gasteiger partial charge in [0.25, 0.3) is 5.78 Å². The number of ketones is 1. The van der Waals surface area contributed by atoms with Gasteiger partial charge in [-0.25, -0.2) is 0 Å². The first-order chi connectivity index (χ1) is 5.89. The van der Waals surface area contributed by atoms with Crippen molar-refractivity contribution in [1.82, 2.24) is 0 Å².